The monoisotopic (exact) mass is 462 g/mol. The van der Waals surface area contributed by atoms with Gasteiger partial charge in [-0.15, -0.1) is 0 Å². The molecule has 0 radical (unpaired) electrons. The minimum atomic E-state index is -4.75. The molecule has 1 N–H and O–H groups in total. The molecule has 3 aromatic rings. The highest BCUT2D eigenvalue weighted by Gasteiger charge is 2.34. The quantitative estimate of drug-likeness (QED) is 0.549. The van der Waals surface area contributed by atoms with Crippen molar-refractivity contribution in [2.75, 3.05) is 0 Å². The lowest BCUT2D eigenvalue weighted by molar-refractivity contribution is -0.140. The molecule has 1 aromatic heterocycles. The number of rotatable bonds is 3. The van der Waals surface area contributed by atoms with Gasteiger partial charge in [-0.25, -0.2) is 4.79 Å². The maximum atomic E-state index is 13.4. The lowest BCUT2D eigenvalue weighted by Crippen LogP contribution is -2.25. The number of benzene rings is 2. The van der Waals surface area contributed by atoms with Crippen molar-refractivity contribution in [2.45, 2.75) is 25.3 Å². The van der Waals surface area contributed by atoms with Crippen LogP contribution in [0.2, 0.25) is 0 Å². The first-order chi connectivity index (χ1) is 14.3. The molecule has 5 nitrogen and oxygen atoms in total. The van der Waals surface area contributed by atoms with Crippen LogP contribution in [0, 0.1) is 0 Å². The van der Waals surface area contributed by atoms with Crippen molar-refractivity contribution in [3.63, 3.8) is 0 Å². The summed E-state index contributed by atoms with van der Waals surface area (Å²) in [5.41, 5.74) is -2.71. The van der Waals surface area contributed by atoms with Gasteiger partial charge in [0.2, 0.25) is 0 Å². The smallest absolute Gasteiger partial charge is 0.417 e. The van der Waals surface area contributed by atoms with Crippen LogP contribution in [0.3, 0.4) is 0 Å². The Labute approximate surface area is 173 Å². The summed E-state index contributed by atoms with van der Waals surface area (Å²) in [5.74, 6) is -2.55. The largest absolute Gasteiger partial charge is 0.480 e. The fourth-order valence-corrected chi connectivity index (χ4v) is 4.06. The van der Waals surface area contributed by atoms with E-state index in [9.17, 15) is 41.0 Å². The second-order valence-corrected chi connectivity index (χ2v) is 7.39. The number of carboxylic acid groups (broad SMARTS) is 1. The first-order valence-electron chi connectivity index (χ1n) is 8.51. The lowest BCUT2D eigenvalue weighted by Gasteiger charge is -2.11. The van der Waals surface area contributed by atoms with Crippen molar-refractivity contribution in [3.8, 4) is 0 Å². The van der Waals surface area contributed by atoms with E-state index in [2.05, 4.69) is 4.99 Å². The number of nitrogens with zero attached hydrogens (tertiary/aromatic N) is 2. The molecule has 0 aliphatic heterocycles. The predicted octanol–water partition coefficient (Wildman–Crippen LogP) is 5.13. The average Bonchev–Trinajstić information content (AvgIpc) is 3.03. The fraction of sp³-hybridized carbons (Fsp3) is 0.211. The number of halogens is 6. The van der Waals surface area contributed by atoms with E-state index in [1.165, 1.54) is 13.0 Å². The number of carbonyl (C=O) groups is 2. The molecule has 1 unspecified atom stereocenters. The van der Waals surface area contributed by atoms with E-state index in [0.717, 1.165) is 34.9 Å². The van der Waals surface area contributed by atoms with Gasteiger partial charge >= 0.3 is 18.3 Å². The lowest BCUT2D eigenvalue weighted by atomic mass is 10.1. The number of thiazole rings is 1. The molecule has 2 aromatic carbocycles. The third-order valence-corrected chi connectivity index (χ3v) is 5.44. The number of hydrogen-bond donors (Lipinski definition) is 1. The minimum absolute atomic E-state index is 0.120. The SMILES string of the molecule is CC(C(=O)O)n1c(=NC(=O)c2cccc(C(F)(F)F)c2)sc2c(C(F)(F)F)cccc21. The first kappa shape index (κ1) is 22.5. The minimum Gasteiger partial charge on any atom is -0.480 e. The van der Waals surface area contributed by atoms with Gasteiger partial charge in [0, 0.05) is 5.56 Å². The fourth-order valence-electron chi connectivity index (χ4n) is 2.83. The topological polar surface area (TPSA) is 71.7 Å². The molecular formula is C19H12F6N2O3S. The number of fused-ring (bicyclic) bond motifs is 1. The van der Waals surface area contributed by atoms with Crippen LogP contribution in [0.4, 0.5) is 26.3 Å². The molecule has 0 saturated heterocycles. The zero-order valence-electron chi connectivity index (χ0n) is 15.5. The van der Waals surface area contributed by atoms with Gasteiger partial charge in [0.1, 0.15) is 6.04 Å². The number of hydrogen-bond acceptors (Lipinski definition) is 3. The Kier molecular flexibility index (Phi) is 5.70. The summed E-state index contributed by atoms with van der Waals surface area (Å²) in [6.07, 6.45) is -9.47. The van der Waals surface area contributed by atoms with E-state index in [1.54, 1.807) is 0 Å². The Bertz CT molecular complexity index is 1240. The number of alkyl halides is 6. The van der Waals surface area contributed by atoms with Gasteiger partial charge in [0.05, 0.1) is 21.3 Å². The Morgan fingerprint density at radius 1 is 1.03 bits per heavy atom. The summed E-state index contributed by atoms with van der Waals surface area (Å²) in [4.78, 5) is 27.3. The number of aromatic nitrogens is 1. The third kappa shape index (κ3) is 4.48. The van der Waals surface area contributed by atoms with Crippen LogP contribution in [0.15, 0.2) is 47.5 Å². The van der Waals surface area contributed by atoms with Crippen LogP contribution in [0.1, 0.15) is 34.5 Å². The van der Waals surface area contributed by atoms with Crippen molar-refractivity contribution in [1.82, 2.24) is 4.57 Å². The van der Waals surface area contributed by atoms with Gasteiger partial charge in [-0.3, -0.25) is 4.79 Å². The number of aliphatic carboxylic acids is 1. The summed E-state index contributed by atoms with van der Waals surface area (Å²) in [5, 5.41) is 9.35. The molecule has 31 heavy (non-hydrogen) atoms. The van der Waals surface area contributed by atoms with Crippen LogP contribution < -0.4 is 4.80 Å². The molecule has 0 bridgehead atoms. The van der Waals surface area contributed by atoms with E-state index in [-0.39, 0.29) is 15.0 Å². The number of carboxylic acids is 1. The summed E-state index contributed by atoms with van der Waals surface area (Å²) < 4.78 is 79.4. The highest BCUT2D eigenvalue weighted by molar-refractivity contribution is 7.16. The Morgan fingerprint density at radius 3 is 2.26 bits per heavy atom. The van der Waals surface area contributed by atoms with Crippen molar-refractivity contribution >= 4 is 33.4 Å². The molecule has 1 heterocycles. The zero-order valence-corrected chi connectivity index (χ0v) is 16.3. The summed E-state index contributed by atoms with van der Waals surface area (Å²) >= 11 is 0.426. The van der Waals surface area contributed by atoms with Gasteiger partial charge in [0.25, 0.3) is 5.91 Å². The molecule has 1 amide bonds. The number of amides is 1. The summed E-state index contributed by atoms with van der Waals surface area (Å²) in [6, 6.07) is 5.10. The molecule has 0 spiro atoms. The maximum Gasteiger partial charge on any atom is 0.417 e. The molecule has 3 rings (SSSR count). The standard InChI is InChI=1S/C19H12F6N2O3S/c1-9(16(29)30)27-13-7-3-6-12(19(23,24)25)14(13)31-17(27)26-15(28)10-4-2-5-11(8-10)18(20,21)22/h2-9H,1H3,(H,29,30). The normalized spacial score (nSPS) is 14.1. The van der Waals surface area contributed by atoms with Gasteiger partial charge in [-0.1, -0.05) is 23.5 Å². The highest BCUT2D eigenvalue weighted by atomic mass is 32.1. The molecule has 164 valence electrons. The van der Waals surface area contributed by atoms with E-state index in [1.807, 2.05) is 0 Å². The van der Waals surface area contributed by atoms with E-state index >= 15 is 0 Å². The second kappa shape index (κ2) is 7.84. The van der Waals surface area contributed by atoms with Gasteiger partial charge in [-0.2, -0.15) is 31.3 Å². The van der Waals surface area contributed by atoms with Crippen LogP contribution in [-0.4, -0.2) is 21.6 Å². The molecular weight excluding hydrogens is 450 g/mol. The van der Waals surface area contributed by atoms with Crippen LogP contribution in [-0.2, 0) is 17.1 Å². The van der Waals surface area contributed by atoms with E-state index < -0.39 is 47.0 Å². The Balaban J connectivity index is 2.26. The zero-order chi connectivity index (χ0) is 23.1. The second-order valence-electron chi connectivity index (χ2n) is 6.42. The van der Waals surface area contributed by atoms with E-state index in [4.69, 9.17) is 0 Å². The molecule has 0 aliphatic rings. The van der Waals surface area contributed by atoms with Crippen molar-refractivity contribution < 1.29 is 41.0 Å². The van der Waals surface area contributed by atoms with Gasteiger partial charge in [-0.05, 0) is 37.3 Å². The highest BCUT2D eigenvalue weighted by Crippen LogP contribution is 2.36. The molecule has 0 fully saturated rings. The van der Waals surface area contributed by atoms with E-state index in [0.29, 0.717) is 17.4 Å². The third-order valence-electron chi connectivity index (χ3n) is 4.34. The summed E-state index contributed by atoms with van der Waals surface area (Å²) in [7, 11) is 0. The predicted molar refractivity (Wildman–Crippen MR) is 98.5 cm³/mol. The Morgan fingerprint density at radius 2 is 1.68 bits per heavy atom. The molecule has 1 atom stereocenters. The van der Waals surface area contributed by atoms with Crippen LogP contribution in [0.25, 0.3) is 10.2 Å². The first-order valence-corrected chi connectivity index (χ1v) is 9.32. The molecule has 12 heteroatoms. The van der Waals surface area contributed by atoms with Crippen molar-refractivity contribution in [1.29, 1.82) is 0 Å². The molecule has 0 saturated carbocycles. The van der Waals surface area contributed by atoms with Crippen LogP contribution in [0.5, 0.6) is 0 Å². The average molecular weight is 462 g/mol. The maximum absolute atomic E-state index is 13.4. The van der Waals surface area contributed by atoms with Crippen LogP contribution >= 0.6 is 11.3 Å². The van der Waals surface area contributed by atoms with Gasteiger partial charge < -0.3 is 9.67 Å². The van der Waals surface area contributed by atoms with Crippen molar-refractivity contribution in [2.24, 2.45) is 4.99 Å². The van der Waals surface area contributed by atoms with Gasteiger partial charge in [0.15, 0.2) is 4.80 Å². The summed E-state index contributed by atoms with van der Waals surface area (Å²) in [6.45, 7) is 1.18. The Hall–Kier alpha value is -3.15. The van der Waals surface area contributed by atoms with Crippen molar-refractivity contribution in [3.05, 3.63) is 64.0 Å². The molecule has 0 aliphatic carbocycles. The number of carbonyl (C=O) groups excluding carboxylic acids is 1.